The van der Waals surface area contributed by atoms with Crippen molar-refractivity contribution in [3.8, 4) is 22.8 Å². The van der Waals surface area contributed by atoms with Crippen LogP contribution in [0.2, 0.25) is 0 Å². The molecule has 190 valence electrons. The summed E-state index contributed by atoms with van der Waals surface area (Å²) in [5, 5.41) is 0. The monoisotopic (exact) mass is 488 g/mol. The summed E-state index contributed by atoms with van der Waals surface area (Å²) in [7, 11) is 3.28. The molecule has 2 aliphatic rings. The van der Waals surface area contributed by atoms with Gasteiger partial charge in [0.25, 0.3) is 0 Å². The van der Waals surface area contributed by atoms with Gasteiger partial charge in [-0.2, -0.15) is 0 Å². The molecule has 2 aromatic carbocycles. The highest BCUT2D eigenvalue weighted by atomic mass is 16.5. The Kier molecular flexibility index (Phi) is 6.51. The van der Waals surface area contributed by atoms with Crippen LogP contribution in [0.5, 0.6) is 11.5 Å². The average molecular weight is 489 g/mol. The smallest absolute Gasteiger partial charge is 0.330 e. The minimum atomic E-state index is -0.00502. The van der Waals surface area contributed by atoms with E-state index in [1.807, 2.05) is 21.3 Å². The number of hydrogen-bond acceptors (Lipinski definition) is 5. The lowest BCUT2D eigenvalue weighted by Crippen LogP contribution is -2.45. The van der Waals surface area contributed by atoms with Crippen molar-refractivity contribution in [1.82, 2.24) is 9.13 Å². The maximum absolute atomic E-state index is 14.1. The van der Waals surface area contributed by atoms with Crippen molar-refractivity contribution >= 4 is 5.69 Å². The van der Waals surface area contributed by atoms with E-state index >= 15 is 0 Å². The number of nitrogens with zero attached hydrogens (tertiary/aromatic N) is 3. The number of benzene rings is 2. The minimum absolute atomic E-state index is 0.00502. The van der Waals surface area contributed by atoms with Crippen LogP contribution < -0.4 is 26.4 Å². The Labute approximate surface area is 212 Å². The van der Waals surface area contributed by atoms with Crippen molar-refractivity contribution in [2.75, 3.05) is 14.2 Å². The van der Waals surface area contributed by atoms with E-state index in [-0.39, 0.29) is 17.8 Å². The molecule has 0 amide bonds. The zero-order chi connectivity index (χ0) is 25.6. The summed E-state index contributed by atoms with van der Waals surface area (Å²) in [5.41, 5.74) is 14.2. The fourth-order valence-corrected chi connectivity index (χ4v) is 5.89. The van der Waals surface area contributed by atoms with Crippen LogP contribution in [0.15, 0.2) is 40.1 Å². The molecule has 2 N–H and O–H groups in total. The van der Waals surface area contributed by atoms with Gasteiger partial charge in [-0.15, -0.1) is 0 Å². The first-order valence-corrected chi connectivity index (χ1v) is 12.8. The summed E-state index contributed by atoms with van der Waals surface area (Å²) in [6.07, 6.45) is 4.36. The molecule has 5 rings (SSSR count). The number of methoxy groups -OCH3 is 2. The summed E-state index contributed by atoms with van der Waals surface area (Å²) in [6.45, 7) is 6.88. The SMILES string of the molecule is COc1cc2c(cc1OC)-c1cc(=Nc3c(C)cc(C)cc3C)n(C3CCC(N)CC3)c(=O)n1CC2. The Morgan fingerprint density at radius 2 is 1.56 bits per heavy atom. The van der Waals surface area contributed by atoms with Crippen molar-refractivity contribution in [2.45, 2.75) is 71.5 Å². The van der Waals surface area contributed by atoms with Gasteiger partial charge in [0.2, 0.25) is 0 Å². The van der Waals surface area contributed by atoms with Crippen LogP contribution in [0.1, 0.15) is 54.0 Å². The van der Waals surface area contributed by atoms with E-state index in [0.717, 1.165) is 65.7 Å². The molecule has 0 bridgehead atoms. The molecule has 7 heteroatoms. The lowest BCUT2D eigenvalue weighted by Gasteiger charge is -2.30. The summed E-state index contributed by atoms with van der Waals surface area (Å²) in [6, 6.07) is 10.7. The molecule has 2 heterocycles. The first-order chi connectivity index (χ1) is 17.3. The second-order valence-corrected chi connectivity index (χ2v) is 10.2. The molecule has 0 unspecified atom stereocenters. The van der Waals surface area contributed by atoms with Gasteiger partial charge in [0, 0.05) is 30.3 Å². The molecule has 0 saturated heterocycles. The molecule has 1 fully saturated rings. The van der Waals surface area contributed by atoms with Crippen molar-refractivity contribution in [3.05, 3.63) is 68.6 Å². The van der Waals surface area contributed by atoms with Gasteiger partial charge in [0.05, 0.1) is 25.6 Å². The lowest BCUT2D eigenvalue weighted by molar-refractivity contribution is 0.303. The first-order valence-electron chi connectivity index (χ1n) is 12.8. The van der Waals surface area contributed by atoms with E-state index in [1.54, 1.807) is 14.2 Å². The zero-order valence-corrected chi connectivity index (χ0v) is 21.9. The maximum atomic E-state index is 14.1. The van der Waals surface area contributed by atoms with E-state index in [2.05, 4.69) is 39.0 Å². The van der Waals surface area contributed by atoms with Gasteiger partial charge < -0.3 is 15.2 Å². The lowest BCUT2D eigenvalue weighted by atomic mass is 9.91. The maximum Gasteiger partial charge on any atom is 0.330 e. The zero-order valence-electron chi connectivity index (χ0n) is 21.9. The van der Waals surface area contributed by atoms with Crippen LogP contribution in [-0.2, 0) is 13.0 Å². The topological polar surface area (TPSA) is 83.8 Å². The Balaban J connectivity index is 1.79. The third-order valence-electron chi connectivity index (χ3n) is 7.70. The number of aromatic nitrogens is 2. The van der Waals surface area contributed by atoms with Crippen LogP contribution >= 0.6 is 0 Å². The number of ether oxygens (including phenoxy) is 2. The Hall–Kier alpha value is -3.32. The Morgan fingerprint density at radius 1 is 0.917 bits per heavy atom. The van der Waals surface area contributed by atoms with Gasteiger partial charge in [0.1, 0.15) is 5.49 Å². The van der Waals surface area contributed by atoms with Crippen LogP contribution in [0.25, 0.3) is 11.3 Å². The molecule has 0 atom stereocenters. The third-order valence-corrected chi connectivity index (χ3v) is 7.70. The second-order valence-electron chi connectivity index (χ2n) is 10.2. The second kappa shape index (κ2) is 9.62. The molecular weight excluding hydrogens is 452 g/mol. The summed E-state index contributed by atoms with van der Waals surface area (Å²) >= 11 is 0. The predicted octanol–water partition coefficient (Wildman–Crippen LogP) is 4.49. The molecule has 36 heavy (non-hydrogen) atoms. The summed E-state index contributed by atoms with van der Waals surface area (Å²) in [5.74, 6) is 1.35. The van der Waals surface area contributed by atoms with Crippen molar-refractivity contribution in [3.63, 3.8) is 0 Å². The van der Waals surface area contributed by atoms with Gasteiger partial charge in [0.15, 0.2) is 11.5 Å². The van der Waals surface area contributed by atoms with E-state index in [0.29, 0.717) is 23.5 Å². The highest BCUT2D eigenvalue weighted by molar-refractivity contribution is 5.70. The normalized spacial score (nSPS) is 19.6. The van der Waals surface area contributed by atoms with Gasteiger partial charge in [-0.3, -0.25) is 9.13 Å². The van der Waals surface area contributed by atoms with Crippen LogP contribution in [-0.4, -0.2) is 29.4 Å². The van der Waals surface area contributed by atoms with E-state index in [4.69, 9.17) is 20.2 Å². The standard InChI is InChI=1S/C29H36N4O3/c1-17-12-18(2)28(19(3)13-17)31-27-16-24-23-15-26(36-5)25(35-4)14-20(23)10-11-32(24)29(34)33(27)22-8-6-21(30)7-9-22/h12-16,21-22H,6-11,30H2,1-5H3. The molecule has 1 aliphatic carbocycles. The van der Waals surface area contributed by atoms with Crippen molar-refractivity contribution < 1.29 is 9.47 Å². The number of aryl methyl sites for hydroxylation is 4. The molecule has 1 aromatic heterocycles. The van der Waals surface area contributed by atoms with Crippen LogP contribution in [0, 0.1) is 20.8 Å². The van der Waals surface area contributed by atoms with Gasteiger partial charge in [-0.25, -0.2) is 9.79 Å². The quantitative estimate of drug-likeness (QED) is 0.587. The summed E-state index contributed by atoms with van der Waals surface area (Å²) < 4.78 is 15.0. The minimum Gasteiger partial charge on any atom is -0.493 e. The van der Waals surface area contributed by atoms with E-state index < -0.39 is 0 Å². The van der Waals surface area contributed by atoms with Gasteiger partial charge >= 0.3 is 5.69 Å². The molecule has 7 nitrogen and oxygen atoms in total. The van der Waals surface area contributed by atoms with Crippen molar-refractivity contribution in [1.29, 1.82) is 0 Å². The molecule has 0 spiro atoms. The number of fused-ring (bicyclic) bond motifs is 3. The molecule has 0 radical (unpaired) electrons. The fourth-order valence-electron chi connectivity index (χ4n) is 5.89. The Morgan fingerprint density at radius 3 is 2.19 bits per heavy atom. The third kappa shape index (κ3) is 4.26. The van der Waals surface area contributed by atoms with Crippen LogP contribution in [0.3, 0.4) is 0 Å². The van der Waals surface area contributed by atoms with Crippen LogP contribution in [0.4, 0.5) is 5.69 Å². The molecular formula is C29H36N4O3. The summed E-state index contributed by atoms with van der Waals surface area (Å²) in [4.78, 5) is 19.3. The highest BCUT2D eigenvalue weighted by Gasteiger charge is 2.27. The van der Waals surface area contributed by atoms with Gasteiger partial charge in [-0.1, -0.05) is 17.7 Å². The predicted molar refractivity (Wildman–Crippen MR) is 142 cm³/mol. The largest absolute Gasteiger partial charge is 0.493 e. The fraction of sp³-hybridized carbons (Fsp3) is 0.448. The number of rotatable bonds is 4. The van der Waals surface area contributed by atoms with E-state index in [1.165, 1.54) is 5.56 Å². The Bertz CT molecular complexity index is 1420. The van der Waals surface area contributed by atoms with Gasteiger partial charge in [-0.05, 0) is 81.7 Å². The first kappa shape index (κ1) is 24.4. The number of nitrogens with two attached hydrogens (primary N) is 1. The molecule has 3 aromatic rings. The highest BCUT2D eigenvalue weighted by Crippen LogP contribution is 2.38. The average Bonchev–Trinajstić information content (AvgIpc) is 2.86. The van der Waals surface area contributed by atoms with Crippen molar-refractivity contribution in [2.24, 2.45) is 10.7 Å². The molecule has 1 aliphatic heterocycles. The number of hydrogen-bond donors (Lipinski definition) is 1. The van der Waals surface area contributed by atoms with E-state index in [9.17, 15) is 4.79 Å². The molecule has 1 saturated carbocycles.